The minimum absolute atomic E-state index is 0.234. The molecule has 3 amide bonds. The smallest absolute Gasteiger partial charge is 0.258 e. The molecule has 2 unspecified atom stereocenters. The Hall–Kier alpha value is -2.08. The first-order chi connectivity index (χ1) is 9.97. The number of carbonyl (C=O) groups excluding carboxylic acids is 3. The van der Waals surface area contributed by atoms with Crippen LogP contribution in [0, 0.1) is 0 Å². The largest absolute Gasteiger partial charge is 0.365 e. The molecule has 7 heteroatoms. The molecule has 0 bridgehead atoms. The van der Waals surface area contributed by atoms with Crippen molar-refractivity contribution in [2.45, 2.75) is 32.0 Å². The average molecular weight is 308 g/mol. The molecular weight excluding hydrogens is 294 g/mol. The number of nitrogens with zero attached hydrogens (tertiary/aromatic N) is 1. The number of halogens is 1. The summed E-state index contributed by atoms with van der Waals surface area (Å²) in [4.78, 5) is 37.3. The first-order valence-corrected chi connectivity index (χ1v) is 7.07. The number of amides is 3. The summed E-state index contributed by atoms with van der Waals surface area (Å²) in [7, 11) is 0. The number of rotatable bonds is 1. The minimum Gasteiger partial charge on any atom is -0.365 e. The van der Waals surface area contributed by atoms with E-state index in [1.165, 1.54) is 4.90 Å². The molecule has 2 aliphatic heterocycles. The molecule has 0 aromatic heterocycles. The van der Waals surface area contributed by atoms with Gasteiger partial charge in [0.25, 0.3) is 5.91 Å². The third-order valence-corrected chi connectivity index (χ3v) is 4.01. The summed E-state index contributed by atoms with van der Waals surface area (Å²) in [5, 5.41) is 5.98. The molecule has 1 aromatic rings. The Morgan fingerprint density at radius 3 is 2.76 bits per heavy atom. The van der Waals surface area contributed by atoms with Crippen molar-refractivity contribution in [2.75, 3.05) is 5.32 Å². The lowest BCUT2D eigenvalue weighted by atomic mass is 10.00. The second-order valence-electron chi connectivity index (χ2n) is 5.19. The second kappa shape index (κ2) is 5.04. The lowest BCUT2D eigenvalue weighted by molar-refractivity contribution is -0.137. The van der Waals surface area contributed by atoms with E-state index in [0.29, 0.717) is 22.7 Å². The van der Waals surface area contributed by atoms with Crippen molar-refractivity contribution < 1.29 is 14.4 Å². The molecule has 6 nitrogen and oxygen atoms in total. The third kappa shape index (κ3) is 2.35. The summed E-state index contributed by atoms with van der Waals surface area (Å²) in [6.07, 6.45) is 0.221. The maximum absolute atomic E-state index is 12.6. The van der Waals surface area contributed by atoms with Crippen molar-refractivity contribution in [3.63, 3.8) is 0 Å². The Bertz CT molecular complexity index is 646. The van der Waals surface area contributed by atoms with Gasteiger partial charge < -0.3 is 10.2 Å². The fraction of sp³-hybridized carbons (Fsp3) is 0.357. The number of nitrogens with one attached hydrogen (secondary N) is 2. The van der Waals surface area contributed by atoms with Crippen LogP contribution in [0.5, 0.6) is 0 Å². The van der Waals surface area contributed by atoms with Crippen LogP contribution in [0.1, 0.15) is 30.1 Å². The Morgan fingerprint density at radius 1 is 1.29 bits per heavy atom. The quantitative estimate of drug-likeness (QED) is 0.768. The SMILES string of the molecule is CC1Nc2cc(Cl)ccc2C(=O)N1C1CCC(=O)NC1=O. The third-order valence-electron chi connectivity index (χ3n) is 3.77. The molecule has 1 saturated heterocycles. The van der Waals surface area contributed by atoms with Gasteiger partial charge in [0.2, 0.25) is 11.8 Å². The zero-order chi connectivity index (χ0) is 15.1. The standard InChI is InChI=1S/C14H14ClN3O3/c1-7-16-10-6-8(15)2-3-9(10)14(21)18(7)11-4-5-12(19)17-13(11)20/h2-3,6-7,11,16H,4-5H2,1H3,(H,17,19,20). The van der Waals surface area contributed by atoms with Gasteiger partial charge in [0.05, 0.1) is 11.7 Å². The summed E-state index contributed by atoms with van der Waals surface area (Å²) in [5.74, 6) is -0.957. The molecule has 2 aliphatic rings. The van der Waals surface area contributed by atoms with Gasteiger partial charge in [0, 0.05) is 17.1 Å². The van der Waals surface area contributed by atoms with Crippen LogP contribution >= 0.6 is 11.6 Å². The van der Waals surface area contributed by atoms with Crippen LogP contribution in [0.15, 0.2) is 18.2 Å². The first kappa shape index (κ1) is 13.9. The van der Waals surface area contributed by atoms with E-state index in [9.17, 15) is 14.4 Å². The van der Waals surface area contributed by atoms with E-state index < -0.39 is 11.9 Å². The highest BCUT2D eigenvalue weighted by Crippen LogP contribution is 2.30. The summed E-state index contributed by atoms with van der Waals surface area (Å²) < 4.78 is 0. The molecule has 110 valence electrons. The number of hydrogen-bond acceptors (Lipinski definition) is 4. The van der Waals surface area contributed by atoms with Crippen LogP contribution < -0.4 is 10.6 Å². The van der Waals surface area contributed by atoms with Crippen LogP contribution in [0.2, 0.25) is 5.02 Å². The van der Waals surface area contributed by atoms with Gasteiger partial charge in [-0.15, -0.1) is 0 Å². The molecule has 1 fully saturated rings. The van der Waals surface area contributed by atoms with Gasteiger partial charge in [0.15, 0.2) is 0 Å². The predicted molar refractivity (Wildman–Crippen MR) is 76.9 cm³/mol. The summed E-state index contributed by atoms with van der Waals surface area (Å²) >= 11 is 5.93. The average Bonchev–Trinajstić information content (AvgIpc) is 2.40. The Morgan fingerprint density at radius 2 is 2.05 bits per heavy atom. The van der Waals surface area contributed by atoms with Crippen molar-refractivity contribution in [2.24, 2.45) is 0 Å². The minimum atomic E-state index is -0.637. The number of anilines is 1. The van der Waals surface area contributed by atoms with Gasteiger partial charge in [-0.1, -0.05) is 11.6 Å². The molecule has 2 heterocycles. The Labute approximate surface area is 126 Å². The molecule has 0 radical (unpaired) electrons. The van der Waals surface area contributed by atoms with Crippen molar-refractivity contribution >= 4 is 35.0 Å². The zero-order valence-electron chi connectivity index (χ0n) is 11.4. The summed E-state index contributed by atoms with van der Waals surface area (Å²) in [6.45, 7) is 1.80. The number of carbonyl (C=O) groups is 3. The van der Waals surface area contributed by atoms with Crippen LogP contribution in [0.3, 0.4) is 0 Å². The maximum atomic E-state index is 12.6. The lowest BCUT2D eigenvalue weighted by Gasteiger charge is -2.41. The van der Waals surface area contributed by atoms with E-state index in [4.69, 9.17) is 11.6 Å². The molecule has 3 rings (SSSR count). The predicted octanol–water partition coefficient (Wildman–Crippen LogP) is 1.36. The van der Waals surface area contributed by atoms with Gasteiger partial charge in [-0.25, -0.2) is 0 Å². The molecular formula is C14H14ClN3O3. The lowest BCUT2D eigenvalue weighted by Crippen LogP contribution is -2.60. The topological polar surface area (TPSA) is 78.5 Å². The number of fused-ring (bicyclic) bond motifs is 1. The van der Waals surface area contributed by atoms with Crippen LogP contribution in [0.4, 0.5) is 5.69 Å². The highest BCUT2D eigenvalue weighted by atomic mass is 35.5. The number of piperidine rings is 1. The van der Waals surface area contributed by atoms with Gasteiger partial charge >= 0.3 is 0 Å². The summed E-state index contributed by atoms with van der Waals surface area (Å²) in [5.41, 5.74) is 1.13. The molecule has 1 aromatic carbocycles. The van der Waals surface area contributed by atoms with Crippen molar-refractivity contribution in [3.8, 4) is 0 Å². The Balaban J connectivity index is 1.94. The van der Waals surface area contributed by atoms with Crippen molar-refractivity contribution in [3.05, 3.63) is 28.8 Å². The first-order valence-electron chi connectivity index (χ1n) is 6.70. The van der Waals surface area contributed by atoms with Crippen LogP contribution in [-0.4, -0.2) is 34.8 Å². The maximum Gasteiger partial charge on any atom is 0.258 e. The second-order valence-corrected chi connectivity index (χ2v) is 5.63. The molecule has 0 saturated carbocycles. The van der Waals surface area contributed by atoms with E-state index in [-0.39, 0.29) is 24.4 Å². The molecule has 2 N–H and O–H groups in total. The fourth-order valence-electron chi connectivity index (χ4n) is 2.79. The van der Waals surface area contributed by atoms with Crippen molar-refractivity contribution in [1.82, 2.24) is 10.2 Å². The number of imide groups is 1. The molecule has 0 aliphatic carbocycles. The van der Waals surface area contributed by atoms with E-state index in [0.717, 1.165) is 0 Å². The van der Waals surface area contributed by atoms with Crippen LogP contribution in [0.25, 0.3) is 0 Å². The van der Waals surface area contributed by atoms with Gasteiger partial charge in [-0.2, -0.15) is 0 Å². The van der Waals surface area contributed by atoms with Gasteiger partial charge in [-0.3, -0.25) is 19.7 Å². The molecule has 21 heavy (non-hydrogen) atoms. The molecule has 2 atom stereocenters. The highest BCUT2D eigenvalue weighted by Gasteiger charge is 2.40. The van der Waals surface area contributed by atoms with E-state index >= 15 is 0 Å². The van der Waals surface area contributed by atoms with E-state index in [1.807, 2.05) is 0 Å². The van der Waals surface area contributed by atoms with E-state index in [2.05, 4.69) is 10.6 Å². The highest BCUT2D eigenvalue weighted by molar-refractivity contribution is 6.31. The van der Waals surface area contributed by atoms with Gasteiger partial charge in [-0.05, 0) is 31.5 Å². The van der Waals surface area contributed by atoms with E-state index in [1.54, 1.807) is 25.1 Å². The Kier molecular flexibility index (Phi) is 3.33. The zero-order valence-corrected chi connectivity index (χ0v) is 12.1. The number of hydrogen-bond donors (Lipinski definition) is 2. The summed E-state index contributed by atoms with van der Waals surface area (Å²) in [6, 6.07) is 4.32. The molecule has 0 spiro atoms. The van der Waals surface area contributed by atoms with Gasteiger partial charge in [0.1, 0.15) is 6.04 Å². The normalized spacial score (nSPS) is 25.2. The van der Waals surface area contributed by atoms with Crippen molar-refractivity contribution in [1.29, 1.82) is 0 Å². The van der Waals surface area contributed by atoms with Crippen LogP contribution in [-0.2, 0) is 9.59 Å². The number of benzene rings is 1. The fourth-order valence-corrected chi connectivity index (χ4v) is 2.96. The monoisotopic (exact) mass is 307 g/mol.